The molecular weight excluding hydrogens is 122 g/mol. The van der Waals surface area contributed by atoms with Gasteiger partial charge in [0, 0.05) is 0 Å². The topological polar surface area (TPSA) is 69.4 Å². The Bertz CT molecular complexity index is 82.3. The van der Waals surface area contributed by atoms with Crippen LogP contribution in [0.2, 0.25) is 0 Å². The third-order valence-electron chi connectivity index (χ3n) is 0.352. The molecule has 0 aromatic rings. The van der Waals surface area contributed by atoms with E-state index in [0.29, 0.717) is 0 Å². The van der Waals surface area contributed by atoms with Crippen LogP contribution in [0.3, 0.4) is 0 Å². The molecule has 4 nitrogen and oxygen atoms in total. The van der Waals surface area contributed by atoms with Crippen LogP contribution >= 0.6 is 0 Å². The van der Waals surface area contributed by atoms with E-state index in [1.54, 1.807) is 13.8 Å². The van der Waals surface area contributed by atoms with Gasteiger partial charge in [-0.05, 0) is 13.8 Å². The normalized spacial score (nSPS) is 7.44. The maximum Gasteiger partial charge on any atom is 0.404 e. The molecule has 0 aromatic carbocycles. The van der Waals surface area contributed by atoms with Gasteiger partial charge in [-0.1, -0.05) is 0 Å². The second-order valence-electron chi connectivity index (χ2n) is 1.49. The first kappa shape index (κ1) is 10.8. The minimum Gasteiger partial charge on any atom is -0.447 e. The molecule has 4 heteroatoms. The van der Waals surface area contributed by atoms with E-state index >= 15 is 0 Å². The van der Waals surface area contributed by atoms with Crippen LogP contribution in [0, 0.1) is 0 Å². The highest BCUT2D eigenvalue weighted by Crippen LogP contribution is 1.83. The lowest BCUT2D eigenvalue weighted by atomic mass is 10.5. The fourth-order valence-electron chi connectivity index (χ4n) is 0.232. The zero-order valence-corrected chi connectivity index (χ0v) is 5.59. The average molecular weight is 133 g/mol. The molecule has 0 rings (SSSR count). The number of carbonyl (C=O) groups is 2. The standard InChI is InChI=1S/C4H9NO2.CH2O/c1-3(2)7-4(5)6;1-2/h3H,1-2H3,(H2,5,6);1H2. The molecule has 54 valence electrons. The second kappa shape index (κ2) is 6.94. The number of nitrogens with two attached hydrogens (primary N) is 1. The smallest absolute Gasteiger partial charge is 0.404 e. The Balaban J connectivity index is 0. The van der Waals surface area contributed by atoms with Crippen molar-refractivity contribution in [3.05, 3.63) is 0 Å². The Morgan fingerprint density at radius 3 is 1.89 bits per heavy atom. The highest BCUT2D eigenvalue weighted by molar-refractivity contribution is 5.64. The summed E-state index contributed by atoms with van der Waals surface area (Å²) in [5.74, 6) is 0. The predicted octanol–water partition coefficient (Wildman–Crippen LogP) is 0.305. The molecule has 0 atom stereocenters. The molecule has 0 aliphatic heterocycles. The summed E-state index contributed by atoms with van der Waals surface area (Å²) < 4.78 is 4.39. The molecule has 0 fully saturated rings. The van der Waals surface area contributed by atoms with E-state index in [1.165, 1.54) is 0 Å². The summed E-state index contributed by atoms with van der Waals surface area (Å²) in [5, 5.41) is 0. The minimum atomic E-state index is -0.713. The molecule has 2 N–H and O–H groups in total. The van der Waals surface area contributed by atoms with Crippen molar-refractivity contribution in [2.75, 3.05) is 0 Å². The molecule has 9 heavy (non-hydrogen) atoms. The van der Waals surface area contributed by atoms with Crippen LogP contribution in [-0.4, -0.2) is 19.0 Å². The fourth-order valence-corrected chi connectivity index (χ4v) is 0.232. The molecule has 0 saturated heterocycles. The largest absolute Gasteiger partial charge is 0.447 e. The first-order valence-electron chi connectivity index (χ1n) is 2.38. The van der Waals surface area contributed by atoms with Crippen LogP contribution in [0.1, 0.15) is 13.8 Å². The van der Waals surface area contributed by atoms with Crippen molar-refractivity contribution < 1.29 is 14.3 Å². The summed E-state index contributed by atoms with van der Waals surface area (Å²) in [6.45, 7) is 5.48. The van der Waals surface area contributed by atoms with Crippen LogP contribution in [-0.2, 0) is 9.53 Å². The highest BCUT2D eigenvalue weighted by Gasteiger charge is 1.94. The first-order valence-corrected chi connectivity index (χ1v) is 2.38. The Morgan fingerprint density at radius 2 is 1.89 bits per heavy atom. The lowest BCUT2D eigenvalue weighted by Gasteiger charge is -2.01. The molecule has 0 aliphatic carbocycles. The quantitative estimate of drug-likeness (QED) is 0.559. The van der Waals surface area contributed by atoms with Gasteiger partial charge in [-0.25, -0.2) is 4.79 Å². The van der Waals surface area contributed by atoms with Gasteiger partial charge < -0.3 is 15.3 Å². The van der Waals surface area contributed by atoms with Gasteiger partial charge in [0.1, 0.15) is 6.79 Å². The van der Waals surface area contributed by atoms with E-state index in [4.69, 9.17) is 4.79 Å². The summed E-state index contributed by atoms with van der Waals surface area (Å²) in [6.07, 6.45) is -0.813. The van der Waals surface area contributed by atoms with E-state index < -0.39 is 6.09 Å². The zero-order chi connectivity index (χ0) is 7.86. The molecular formula is C5H11NO3. The van der Waals surface area contributed by atoms with Gasteiger partial charge in [-0.2, -0.15) is 0 Å². The number of hydrogen-bond acceptors (Lipinski definition) is 3. The van der Waals surface area contributed by atoms with Crippen molar-refractivity contribution in [2.45, 2.75) is 20.0 Å². The van der Waals surface area contributed by atoms with E-state index in [-0.39, 0.29) is 6.10 Å². The molecule has 0 saturated carbocycles. The second-order valence-corrected chi connectivity index (χ2v) is 1.49. The van der Waals surface area contributed by atoms with Crippen molar-refractivity contribution in [3.8, 4) is 0 Å². The van der Waals surface area contributed by atoms with Crippen molar-refractivity contribution >= 4 is 12.9 Å². The van der Waals surface area contributed by atoms with Gasteiger partial charge >= 0.3 is 6.09 Å². The monoisotopic (exact) mass is 133 g/mol. The van der Waals surface area contributed by atoms with Crippen LogP contribution in [0.4, 0.5) is 4.79 Å². The lowest BCUT2D eigenvalue weighted by Crippen LogP contribution is -2.17. The van der Waals surface area contributed by atoms with E-state index in [1.807, 2.05) is 6.79 Å². The van der Waals surface area contributed by atoms with Crippen LogP contribution in [0.15, 0.2) is 0 Å². The van der Waals surface area contributed by atoms with E-state index in [9.17, 15) is 4.79 Å². The Morgan fingerprint density at radius 1 is 1.56 bits per heavy atom. The van der Waals surface area contributed by atoms with Gasteiger partial charge in [-0.15, -0.1) is 0 Å². The van der Waals surface area contributed by atoms with Crippen molar-refractivity contribution in [1.29, 1.82) is 0 Å². The number of primary amides is 1. The lowest BCUT2D eigenvalue weighted by molar-refractivity contribution is -0.0979. The molecule has 1 amide bonds. The third kappa shape index (κ3) is 19.6. The predicted molar refractivity (Wildman–Crippen MR) is 32.9 cm³/mol. The van der Waals surface area contributed by atoms with Gasteiger partial charge in [-0.3, -0.25) is 0 Å². The fraction of sp³-hybridized carbons (Fsp3) is 0.600. The number of amides is 1. The number of ether oxygens (including phenoxy) is 1. The Labute approximate surface area is 54.0 Å². The van der Waals surface area contributed by atoms with E-state index in [0.717, 1.165) is 0 Å². The molecule has 0 unspecified atom stereocenters. The van der Waals surface area contributed by atoms with Gasteiger partial charge in [0.25, 0.3) is 0 Å². The minimum absolute atomic E-state index is 0.0995. The van der Waals surface area contributed by atoms with E-state index in [2.05, 4.69) is 10.5 Å². The SMILES string of the molecule is C=O.CC(C)OC(N)=O. The first-order chi connectivity index (χ1) is 4.13. The third-order valence-corrected chi connectivity index (χ3v) is 0.352. The van der Waals surface area contributed by atoms with Crippen LogP contribution in [0.25, 0.3) is 0 Å². The molecule has 0 aromatic heterocycles. The van der Waals surface area contributed by atoms with Crippen LogP contribution in [0.5, 0.6) is 0 Å². The van der Waals surface area contributed by atoms with Gasteiger partial charge in [0.2, 0.25) is 0 Å². The van der Waals surface area contributed by atoms with Gasteiger partial charge in [0.15, 0.2) is 0 Å². The highest BCUT2D eigenvalue weighted by atomic mass is 16.6. The Kier molecular flexibility index (Phi) is 8.36. The molecule has 0 aliphatic rings. The number of carbonyl (C=O) groups excluding carboxylic acids is 2. The maximum atomic E-state index is 9.81. The van der Waals surface area contributed by atoms with Crippen LogP contribution < -0.4 is 5.73 Å². The molecule has 0 spiro atoms. The van der Waals surface area contributed by atoms with Crippen molar-refractivity contribution in [2.24, 2.45) is 5.73 Å². The average Bonchev–Trinajstić information content (AvgIpc) is 1.68. The number of hydrogen-bond donors (Lipinski definition) is 1. The summed E-state index contributed by atoms with van der Waals surface area (Å²) in [4.78, 5) is 17.8. The zero-order valence-electron chi connectivity index (χ0n) is 5.59. The number of rotatable bonds is 1. The van der Waals surface area contributed by atoms with Crippen molar-refractivity contribution in [1.82, 2.24) is 0 Å². The molecule has 0 bridgehead atoms. The van der Waals surface area contributed by atoms with Crippen molar-refractivity contribution in [3.63, 3.8) is 0 Å². The maximum absolute atomic E-state index is 9.81. The molecule has 0 radical (unpaired) electrons. The summed E-state index contributed by atoms with van der Waals surface area (Å²) in [6, 6.07) is 0. The molecule has 0 heterocycles. The summed E-state index contributed by atoms with van der Waals surface area (Å²) in [7, 11) is 0. The summed E-state index contributed by atoms with van der Waals surface area (Å²) in [5.41, 5.74) is 4.63. The Hall–Kier alpha value is -1.06. The van der Waals surface area contributed by atoms with Gasteiger partial charge in [0.05, 0.1) is 6.10 Å². The summed E-state index contributed by atoms with van der Waals surface area (Å²) >= 11 is 0.